The van der Waals surface area contributed by atoms with Gasteiger partial charge in [0.2, 0.25) is 10.0 Å². The molecule has 0 bridgehead atoms. The second-order valence-electron chi connectivity index (χ2n) is 5.87. The van der Waals surface area contributed by atoms with E-state index in [9.17, 15) is 12.8 Å². The van der Waals surface area contributed by atoms with Crippen LogP contribution in [-0.4, -0.2) is 49.8 Å². The molecule has 2 aliphatic heterocycles. The Morgan fingerprint density at radius 2 is 1.71 bits per heavy atom. The second kappa shape index (κ2) is 6.02. The Morgan fingerprint density at radius 3 is 2.38 bits per heavy atom. The first-order chi connectivity index (χ1) is 10.1. The van der Waals surface area contributed by atoms with Gasteiger partial charge in [0.1, 0.15) is 5.82 Å². The van der Waals surface area contributed by atoms with Gasteiger partial charge in [0.25, 0.3) is 0 Å². The Balaban J connectivity index is 1.78. The van der Waals surface area contributed by atoms with Gasteiger partial charge in [-0.25, -0.2) is 12.8 Å². The summed E-state index contributed by atoms with van der Waals surface area (Å²) in [6.45, 7) is 3.53. The minimum atomic E-state index is -3.51. The Labute approximate surface area is 125 Å². The Kier molecular flexibility index (Phi) is 4.28. The number of hydrogen-bond acceptors (Lipinski definition) is 3. The zero-order valence-electron chi connectivity index (χ0n) is 12.0. The summed E-state index contributed by atoms with van der Waals surface area (Å²) in [4.78, 5) is 2.54. The van der Waals surface area contributed by atoms with Crippen LogP contribution in [0.5, 0.6) is 0 Å². The number of halogens is 1. The smallest absolute Gasteiger partial charge is 0.243 e. The highest BCUT2D eigenvalue weighted by atomic mass is 32.2. The summed E-state index contributed by atoms with van der Waals surface area (Å²) in [6.07, 6.45) is 4.23. The van der Waals surface area contributed by atoms with E-state index in [0.29, 0.717) is 6.54 Å². The van der Waals surface area contributed by atoms with Crippen LogP contribution in [0.4, 0.5) is 4.39 Å². The van der Waals surface area contributed by atoms with Gasteiger partial charge in [-0.1, -0.05) is 0 Å². The van der Waals surface area contributed by atoms with Gasteiger partial charge in [-0.15, -0.1) is 0 Å². The molecule has 2 saturated heterocycles. The van der Waals surface area contributed by atoms with Crippen LogP contribution in [0, 0.1) is 5.82 Å². The lowest BCUT2D eigenvalue weighted by atomic mass is 10.2. The van der Waals surface area contributed by atoms with Crippen molar-refractivity contribution in [1.29, 1.82) is 0 Å². The fourth-order valence-electron chi connectivity index (χ4n) is 3.31. The topological polar surface area (TPSA) is 40.6 Å². The summed E-state index contributed by atoms with van der Waals surface area (Å²) in [6, 6.07) is 5.18. The van der Waals surface area contributed by atoms with E-state index in [1.807, 2.05) is 0 Å². The van der Waals surface area contributed by atoms with E-state index in [1.165, 1.54) is 37.1 Å². The fourth-order valence-corrected chi connectivity index (χ4v) is 5.00. The second-order valence-corrected chi connectivity index (χ2v) is 7.76. The van der Waals surface area contributed by atoms with Crippen molar-refractivity contribution in [2.24, 2.45) is 0 Å². The van der Waals surface area contributed by atoms with Gasteiger partial charge in [0.05, 0.1) is 4.90 Å². The van der Waals surface area contributed by atoms with Gasteiger partial charge in [-0.2, -0.15) is 4.31 Å². The molecule has 1 aromatic carbocycles. The number of sulfonamides is 1. The minimum absolute atomic E-state index is 0.0538. The number of likely N-dealkylation sites (tertiary alicyclic amines) is 1. The maximum atomic E-state index is 13.0. The molecule has 2 heterocycles. The summed E-state index contributed by atoms with van der Waals surface area (Å²) in [5.41, 5.74) is 0. The lowest BCUT2D eigenvalue weighted by Crippen LogP contribution is -2.42. The van der Waals surface area contributed by atoms with Gasteiger partial charge >= 0.3 is 0 Å². The third-order valence-corrected chi connectivity index (χ3v) is 6.38. The number of nitrogens with zero attached hydrogens (tertiary/aromatic N) is 2. The molecule has 0 amide bonds. The molecule has 21 heavy (non-hydrogen) atoms. The summed E-state index contributed by atoms with van der Waals surface area (Å²) >= 11 is 0. The molecule has 4 nitrogen and oxygen atoms in total. The van der Waals surface area contributed by atoms with E-state index in [-0.39, 0.29) is 10.9 Å². The Hall–Kier alpha value is -0.980. The normalized spacial score (nSPS) is 24.7. The summed E-state index contributed by atoms with van der Waals surface area (Å²) in [5.74, 6) is -0.413. The molecule has 0 N–H and O–H groups in total. The summed E-state index contributed by atoms with van der Waals surface area (Å²) < 4.78 is 40.0. The molecule has 0 radical (unpaired) electrons. The highest BCUT2D eigenvalue weighted by molar-refractivity contribution is 7.89. The van der Waals surface area contributed by atoms with E-state index in [2.05, 4.69) is 4.90 Å². The molecule has 0 aliphatic carbocycles. The van der Waals surface area contributed by atoms with Crippen LogP contribution in [0.15, 0.2) is 29.2 Å². The van der Waals surface area contributed by atoms with Crippen LogP contribution in [0.2, 0.25) is 0 Å². The van der Waals surface area contributed by atoms with E-state index < -0.39 is 15.8 Å². The first-order valence-corrected chi connectivity index (χ1v) is 9.01. The van der Waals surface area contributed by atoms with Crippen LogP contribution in [-0.2, 0) is 10.0 Å². The highest BCUT2D eigenvalue weighted by Crippen LogP contribution is 2.27. The van der Waals surface area contributed by atoms with Crippen molar-refractivity contribution in [2.45, 2.75) is 36.6 Å². The van der Waals surface area contributed by atoms with Gasteiger partial charge in [-0.05, 0) is 63.0 Å². The van der Waals surface area contributed by atoms with E-state index in [1.54, 1.807) is 4.31 Å². The molecule has 2 aliphatic rings. The highest BCUT2D eigenvalue weighted by Gasteiger charge is 2.36. The molecule has 3 rings (SSSR count). The van der Waals surface area contributed by atoms with Gasteiger partial charge in [0, 0.05) is 19.1 Å². The Bertz CT molecular complexity index is 582. The molecule has 0 saturated carbocycles. The number of hydrogen-bond donors (Lipinski definition) is 0. The third kappa shape index (κ3) is 3.12. The predicted octanol–water partition coefficient (Wildman–Crippen LogP) is 2.07. The zero-order valence-corrected chi connectivity index (χ0v) is 12.9. The molecule has 2 fully saturated rings. The van der Waals surface area contributed by atoms with Crippen LogP contribution in [0.25, 0.3) is 0 Å². The van der Waals surface area contributed by atoms with Crippen molar-refractivity contribution < 1.29 is 12.8 Å². The minimum Gasteiger partial charge on any atom is -0.302 e. The molecule has 0 aromatic heterocycles. The van der Waals surface area contributed by atoms with Crippen molar-refractivity contribution >= 4 is 10.0 Å². The first-order valence-electron chi connectivity index (χ1n) is 7.57. The molecule has 1 aromatic rings. The van der Waals surface area contributed by atoms with Crippen LogP contribution >= 0.6 is 0 Å². The largest absolute Gasteiger partial charge is 0.302 e. The summed E-state index contributed by atoms with van der Waals surface area (Å²) in [7, 11) is -3.51. The average Bonchev–Trinajstić information content (AvgIpc) is 3.11. The predicted molar refractivity (Wildman–Crippen MR) is 79.0 cm³/mol. The van der Waals surface area contributed by atoms with Gasteiger partial charge < -0.3 is 4.90 Å². The van der Waals surface area contributed by atoms with Crippen molar-refractivity contribution in [3.05, 3.63) is 30.1 Å². The SMILES string of the molecule is O=S(=O)(c1ccc(F)cc1)N1CCC[C@@H]1CN1CCCC1. The third-order valence-electron chi connectivity index (χ3n) is 4.41. The molecule has 0 spiro atoms. The molecular formula is C15H21FN2O2S. The van der Waals surface area contributed by atoms with Crippen LogP contribution in [0.3, 0.4) is 0 Å². The average molecular weight is 312 g/mol. The van der Waals surface area contributed by atoms with Crippen molar-refractivity contribution in [3.63, 3.8) is 0 Å². The Morgan fingerprint density at radius 1 is 1.05 bits per heavy atom. The zero-order chi connectivity index (χ0) is 14.9. The molecular weight excluding hydrogens is 291 g/mol. The first kappa shape index (κ1) is 14.9. The monoisotopic (exact) mass is 312 g/mol. The lowest BCUT2D eigenvalue weighted by molar-refractivity contribution is 0.257. The number of benzene rings is 1. The van der Waals surface area contributed by atoms with Crippen molar-refractivity contribution in [1.82, 2.24) is 9.21 Å². The fraction of sp³-hybridized carbons (Fsp3) is 0.600. The standard InChI is InChI=1S/C15H21FN2O2S/c16-13-5-7-15(8-6-13)21(19,20)18-11-3-4-14(18)12-17-9-1-2-10-17/h5-8,14H,1-4,9-12H2/t14-/m1/s1. The summed E-state index contributed by atoms with van der Waals surface area (Å²) in [5, 5.41) is 0. The van der Waals surface area contributed by atoms with E-state index in [0.717, 1.165) is 32.5 Å². The van der Waals surface area contributed by atoms with Crippen molar-refractivity contribution in [2.75, 3.05) is 26.2 Å². The quantitative estimate of drug-likeness (QED) is 0.854. The molecule has 1 atom stereocenters. The van der Waals surface area contributed by atoms with Crippen LogP contribution in [0.1, 0.15) is 25.7 Å². The van der Waals surface area contributed by atoms with Crippen molar-refractivity contribution in [3.8, 4) is 0 Å². The van der Waals surface area contributed by atoms with Crippen LogP contribution < -0.4 is 0 Å². The maximum Gasteiger partial charge on any atom is 0.243 e. The van der Waals surface area contributed by atoms with Gasteiger partial charge in [0.15, 0.2) is 0 Å². The lowest BCUT2D eigenvalue weighted by Gasteiger charge is -2.27. The van der Waals surface area contributed by atoms with E-state index in [4.69, 9.17) is 0 Å². The van der Waals surface area contributed by atoms with Gasteiger partial charge in [-0.3, -0.25) is 0 Å². The molecule has 0 unspecified atom stereocenters. The maximum absolute atomic E-state index is 13.0. The molecule has 6 heteroatoms. The van der Waals surface area contributed by atoms with E-state index >= 15 is 0 Å². The number of rotatable bonds is 4. The molecule has 116 valence electrons.